The number of ether oxygens (including phenoxy) is 1. The average molecular weight is 294 g/mol. The maximum Gasteiger partial charge on any atom is 0.253 e. The van der Waals surface area contributed by atoms with Crippen LogP contribution in [-0.2, 0) is 9.53 Å². The second kappa shape index (κ2) is 8.66. The number of hydrogen-bond acceptors (Lipinski definition) is 3. The van der Waals surface area contributed by atoms with Crippen LogP contribution in [-0.4, -0.2) is 23.6 Å². The van der Waals surface area contributed by atoms with E-state index >= 15 is 0 Å². The first-order chi connectivity index (χ1) is 9.56. The molecule has 20 heavy (non-hydrogen) atoms. The van der Waals surface area contributed by atoms with E-state index in [4.69, 9.17) is 22.7 Å². The van der Waals surface area contributed by atoms with E-state index < -0.39 is 6.10 Å². The summed E-state index contributed by atoms with van der Waals surface area (Å²) in [6.07, 6.45) is 2.72. The zero-order chi connectivity index (χ0) is 15.0. The zero-order valence-corrected chi connectivity index (χ0v) is 12.8. The van der Waals surface area contributed by atoms with Crippen molar-refractivity contribution < 1.29 is 9.53 Å². The lowest BCUT2D eigenvalue weighted by atomic mass is 10.1. The normalized spacial score (nSPS) is 11.9. The van der Waals surface area contributed by atoms with Crippen molar-refractivity contribution in [3.63, 3.8) is 0 Å². The Morgan fingerprint density at radius 1 is 1.40 bits per heavy atom. The quantitative estimate of drug-likeness (QED) is 0.571. The molecule has 0 aliphatic carbocycles. The van der Waals surface area contributed by atoms with E-state index in [0.717, 1.165) is 19.3 Å². The van der Waals surface area contributed by atoms with Crippen LogP contribution in [0, 0.1) is 0 Å². The number of carbonyl (C=O) groups is 1. The lowest BCUT2D eigenvalue weighted by molar-refractivity contribution is -0.126. The lowest BCUT2D eigenvalue weighted by Gasteiger charge is -2.15. The first-order valence-electron chi connectivity index (χ1n) is 6.87. The second-order valence-corrected chi connectivity index (χ2v) is 5.06. The van der Waals surface area contributed by atoms with Gasteiger partial charge < -0.3 is 15.8 Å². The number of unbranched alkanes of at least 4 members (excludes halogenated alkanes) is 2. The number of nitrogens with two attached hydrogens (primary N) is 1. The summed E-state index contributed by atoms with van der Waals surface area (Å²) in [6, 6.07) is 7.21. The Balaban J connectivity index is 2.55. The van der Waals surface area contributed by atoms with E-state index in [1.165, 1.54) is 0 Å². The number of para-hydroxylation sites is 1. The molecule has 4 nitrogen and oxygen atoms in total. The van der Waals surface area contributed by atoms with Crippen LogP contribution in [0.3, 0.4) is 0 Å². The van der Waals surface area contributed by atoms with Crippen LogP contribution < -0.4 is 11.1 Å². The Morgan fingerprint density at radius 2 is 2.10 bits per heavy atom. The third-order valence-electron chi connectivity index (χ3n) is 2.94. The molecule has 0 fully saturated rings. The van der Waals surface area contributed by atoms with Crippen molar-refractivity contribution in [1.29, 1.82) is 0 Å². The maximum absolute atomic E-state index is 12.0. The Morgan fingerprint density at radius 3 is 2.75 bits per heavy atom. The molecule has 0 saturated heterocycles. The van der Waals surface area contributed by atoms with Gasteiger partial charge in [0.05, 0.1) is 5.69 Å². The average Bonchev–Trinajstić information content (AvgIpc) is 2.43. The van der Waals surface area contributed by atoms with Gasteiger partial charge in [-0.25, -0.2) is 0 Å². The third-order valence-corrected chi connectivity index (χ3v) is 3.16. The fraction of sp³-hybridized carbons (Fsp3) is 0.467. The highest BCUT2D eigenvalue weighted by Crippen LogP contribution is 2.15. The summed E-state index contributed by atoms with van der Waals surface area (Å²) >= 11 is 4.96. The van der Waals surface area contributed by atoms with E-state index in [9.17, 15) is 4.79 Å². The maximum atomic E-state index is 12.0. The van der Waals surface area contributed by atoms with Gasteiger partial charge in [0.2, 0.25) is 0 Å². The van der Waals surface area contributed by atoms with Crippen molar-refractivity contribution >= 4 is 28.8 Å². The molecule has 1 aromatic carbocycles. The van der Waals surface area contributed by atoms with Gasteiger partial charge in [-0.2, -0.15) is 0 Å². The van der Waals surface area contributed by atoms with Gasteiger partial charge in [0.1, 0.15) is 11.1 Å². The van der Waals surface area contributed by atoms with Crippen LogP contribution in [0.5, 0.6) is 0 Å². The SMILES string of the molecule is CCCCCOC(C)C(=O)Nc1ccccc1C(N)=S. The van der Waals surface area contributed by atoms with Gasteiger partial charge in [-0.3, -0.25) is 4.79 Å². The van der Waals surface area contributed by atoms with Gasteiger partial charge in [0.25, 0.3) is 5.91 Å². The molecule has 0 aliphatic heterocycles. The Bertz CT molecular complexity index is 463. The van der Waals surface area contributed by atoms with Crippen LogP contribution in [0.15, 0.2) is 24.3 Å². The van der Waals surface area contributed by atoms with Gasteiger partial charge in [-0.05, 0) is 25.5 Å². The van der Waals surface area contributed by atoms with Gasteiger partial charge in [-0.1, -0.05) is 44.1 Å². The van der Waals surface area contributed by atoms with Crippen LogP contribution >= 0.6 is 12.2 Å². The van der Waals surface area contributed by atoms with Crippen molar-refractivity contribution in [2.24, 2.45) is 5.73 Å². The molecule has 1 amide bonds. The summed E-state index contributed by atoms with van der Waals surface area (Å²) in [5, 5.41) is 2.80. The summed E-state index contributed by atoms with van der Waals surface area (Å²) in [5.74, 6) is -0.190. The van der Waals surface area contributed by atoms with Crippen molar-refractivity contribution in [3.05, 3.63) is 29.8 Å². The number of thiocarbonyl (C=S) groups is 1. The van der Waals surface area contributed by atoms with E-state index in [0.29, 0.717) is 17.9 Å². The highest BCUT2D eigenvalue weighted by atomic mass is 32.1. The predicted molar refractivity (Wildman–Crippen MR) is 85.9 cm³/mol. The fourth-order valence-electron chi connectivity index (χ4n) is 1.73. The van der Waals surface area contributed by atoms with Crippen LogP contribution in [0.1, 0.15) is 38.7 Å². The molecule has 0 radical (unpaired) electrons. The molecule has 5 heteroatoms. The van der Waals surface area contributed by atoms with Crippen LogP contribution in [0.2, 0.25) is 0 Å². The van der Waals surface area contributed by atoms with Gasteiger partial charge in [0.15, 0.2) is 0 Å². The van der Waals surface area contributed by atoms with E-state index in [1.807, 2.05) is 12.1 Å². The topological polar surface area (TPSA) is 64.3 Å². The highest BCUT2D eigenvalue weighted by molar-refractivity contribution is 7.80. The minimum atomic E-state index is -0.494. The summed E-state index contributed by atoms with van der Waals surface area (Å²) in [7, 11) is 0. The van der Waals surface area contributed by atoms with Gasteiger partial charge >= 0.3 is 0 Å². The van der Waals surface area contributed by atoms with E-state index in [2.05, 4.69) is 12.2 Å². The largest absolute Gasteiger partial charge is 0.389 e. The number of nitrogens with one attached hydrogen (secondary N) is 1. The monoisotopic (exact) mass is 294 g/mol. The smallest absolute Gasteiger partial charge is 0.253 e. The molecular weight excluding hydrogens is 272 g/mol. The number of rotatable bonds is 8. The molecular formula is C15H22N2O2S. The molecule has 1 unspecified atom stereocenters. The number of amides is 1. The Kier molecular flexibility index (Phi) is 7.18. The standard InChI is InChI=1S/C15H22N2O2S/c1-3-4-7-10-19-11(2)15(18)17-13-9-6-5-8-12(13)14(16)20/h5-6,8-9,11H,3-4,7,10H2,1-2H3,(H2,16,20)(H,17,18). The molecule has 0 saturated carbocycles. The molecule has 0 aliphatic rings. The number of anilines is 1. The van der Waals surface area contributed by atoms with Gasteiger partial charge in [0, 0.05) is 12.2 Å². The molecule has 0 aromatic heterocycles. The molecule has 0 spiro atoms. The van der Waals surface area contributed by atoms with Crippen molar-refractivity contribution in [2.45, 2.75) is 39.2 Å². The minimum Gasteiger partial charge on any atom is -0.389 e. The first kappa shape index (κ1) is 16.6. The second-order valence-electron chi connectivity index (χ2n) is 4.62. The number of hydrogen-bond donors (Lipinski definition) is 2. The van der Waals surface area contributed by atoms with Crippen molar-refractivity contribution in [2.75, 3.05) is 11.9 Å². The Hall–Kier alpha value is -1.46. The molecule has 110 valence electrons. The molecule has 3 N–H and O–H groups in total. The molecule has 0 bridgehead atoms. The number of benzene rings is 1. The predicted octanol–water partition coefficient (Wildman–Crippen LogP) is 2.85. The lowest BCUT2D eigenvalue weighted by Crippen LogP contribution is -2.29. The molecule has 1 atom stereocenters. The van der Waals surface area contributed by atoms with Crippen molar-refractivity contribution in [3.8, 4) is 0 Å². The zero-order valence-electron chi connectivity index (χ0n) is 12.0. The highest BCUT2D eigenvalue weighted by Gasteiger charge is 2.15. The van der Waals surface area contributed by atoms with E-state index in [-0.39, 0.29) is 10.9 Å². The molecule has 1 rings (SSSR count). The molecule has 1 aromatic rings. The van der Waals surface area contributed by atoms with Crippen molar-refractivity contribution in [1.82, 2.24) is 0 Å². The van der Waals surface area contributed by atoms with E-state index in [1.54, 1.807) is 19.1 Å². The Labute approximate surface area is 125 Å². The van der Waals surface area contributed by atoms with Crippen LogP contribution in [0.4, 0.5) is 5.69 Å². The summed E-state index contributed by atoms with van der Waals surface area (Å²) in [4.78, 5) is 12.3. The molecule has 0 heterocycles. The number of carbonyl (C=O) groups excluding carboxylic acids is 1. The summed E-state index contributed by atoms with van der Waals surface area (Å²) in [5.41, 5.74) is 6.91. The first-order valence-corrected chi connectivity index (χ1v) is 7.28. The third kappa shape index (κ3) is 5.27. The summed E-state index contributed by atoms with van der Waals surface area (Å²) < 4.78 is 5.50. The summed E-state index contributed by atoms with van der Waals surface area (Å²) in [6.45, 7) is 4.47. The van der Waals surface area contributed by atoms with Crippen LogP contribution in [0.25, 0.3) is 0 Å². The minimum absolute atomic E-state index is 0.190. The van der Waals surface area contributed by atoms with Gasteiger partial charge in [-0.15, -0.1) is 0 Å². The fourth-order valence-corrected chi connectivity index (χ4v) is 1.91.